The molecule has 4 rings (SSSR count). The number of likely N-dealkylation sites (tertiary alicyclic amines) is 1. The van der Waals surface area contributed by atoms with Crippen molar-refractivity contribution in [3.8, 4) is 5.75 Å². The van der Waals surface area contributed by atoms with E-state index in [0.29, 0.717) is 5.75 Å². The van der Waals surface area contributed by atoms with Gasteiger partial charge in [-0.25, -0.2) is 17.5 Å². The second kappa shape index (κ2) is 9.43. The van der Waals surface area contributed by atoms with E-state index in [1.807, 2.05) is 4.72 Å². The van der Waals surface area contributed by atoms with Crippen molar-refractivity contribution in [2.45, 2.75) is 58.1 Å². The van der Waals surface area contributed by atoms with Crippen molar-refractivity contribution in [2.24, 2.45) is 0 Å². The van der Waals surface area contributed by atoms with E-state index in [-0.39, 0.29) is 17.6 Å². The molecule has 1 saturated carbocycles. The summed E-state index contributed by atoms with van der Waals surface area (Å²) in [6.45, 7) is 6.80. The lowest BCUT2D eigenvalue weighted by molar-refractivity contribution is 0.0832. The zero-order chi connectivity index (χ0) is 23.8. The number of hydrogen-bond acceptors (Lipinski definition) is 5. The van der Waals surface area contributed by atoms with Crippen LogP contribution in [0, 0.1) is 19.7 Å². The lowest BCUT2D eigenvalue weighted by Gasteiger charge is -2.33. The molecule has 1 heterocycles. The van der Waals surface area contributed by atoms with Crippen molar-refractivity contribution in [1.29, 1.82) is 0 Å². The molecule has 1 unspecified atom stereocenters. The number of nitrogens with zero attached hydrogens (tertiary/aromatic N) is 1. The highest BCUT2D eigenvalue weighted by molar-refractivity contribution is 7.89. The number of piperidine rings is 1. The van der Waals surface area contributed by atoms with Crippen LogP contribution in [0.15, 0.2) is 30.3 Å². The highest BCUT2D eigenvalue weighted by Gasteiger charge is 2.31. The van der Waals surface area contributed by atoms with Crippen LogP contribution in [0.25, 0.3) is 0 Å². The van der Waals surface area contributed by atoms with Gasteiger partial charge >= 0.3 is 0 Å². The number of carbonyl (C=O) groups excluding carboxylic acids is 1. The fourth-order valence-corrected chi connectivity index (χ4v) is 4.82. The first kappa shape index (κ1) is 23.7. The van der Waals surface area contributed by atoms with Gasteiger partial charge in [0, 0.05) is 19.2 Å². The summed E-state index contributed by atoms with van der Waals surface area (Å²) in [4.78, 5) is 14.6. The van der Waals surface area contributed by atoms with Crippen LogP contribution in [0.1, 0.15) is 64.2 Å². The smallest absolute Gasteiger partial charge is 0.267 e. The number of rotatable bonds is 7. The maximum Gasteiger partial charge on any atom is 0.267 e. The van der Waals surface area contributed by atoms with E-state index < -0.39 is 21.7 Å². The van der Waals surface area contributed by atoms with Crippen molar-refractivity contribution >= 4 is 15.9 Å². The number of halogens is 1. The molecule has 1 N–H and O–H groups in total. The molecule has 1 aliphatic heterocycles. The van der Waals surface area contributed by atoms with E-state index in [1.165, 1.54) is 28.8 Å². The van der Waals surface area contributed by atoms with Gasteiger partial charge in [0.1, 0.15) is 17.7 Å². The lowest BCUT2D eigenvalue weighted by atomic mass is 10.0. The van der Waals surface area contributed by atoms with Crippen LogP contribution >= 0.6 is 0 Å². The maximum atomic E-state index is 14.8. The van der Waals surface area contributed by atoms with Gasteiger partial charge in [0.25, 0.3) is 5.91 Å². The standard InChI is InChI=1S/C25H31FN2O4S/c1-16-6-7-18(11-17(16)2)14-28-10-4-5-20(15-28)32-24-13-23(26)22(12-21(24)19-8-9-19)25(29)27-33(3,30)31/h6-7,11-13,19-20H,4-5,8-10,14-15H2,1-3H3,(H,27,29). The predicted molar refractivity (Wildman–Crippen MR) is 126 cm³/mol. The second-order valence-electron chi connectivity index (χ2n) is 9.38. The minimum Gasteiger partial charge on any atom is -0.489 e. The maximum absolute atomic E-state index is 14.8. The van der Waals surface area contributed by atoms with E-state index in [4.69, 9.17) is 4.74 Å². The number of amides is 1. The molecule has 0 aromatic heterocycles. The van der Waals surface area contributed by atoms with Crippen LogP contribution < -0.4 is 9.46 Å². The minimum atomic E-state index is -3.78. The molecule has 1 saturated heterocycles. The SMILES string of the molecule is Cc1ccc(CN2CCCC(Oc3cc(F)c(C(=O)NS(C)(=O)=O)cc3C3CC3)C2)cc1C. The van der Waals surface area contributed by atoms with Crippen LogP contribution in [0.4, 0.5) is 4.39 Å². The molecule has 1 amide bonds. The summed E-state index contributed by atoms with van der Waals surface area (Å²) in [7, 11) is -3.78. The molecule has 2 fully saturated rings. The third-order valence-corrected chi connectivity index (χ3v) is 6.93. The molecule has 2 aromatic rings. The Morgan fingerprint density at radius 1 is 1.15 bits per heavy atom. The molecule has 0 spiro atoms. The van der Waals surface area contributed by atoms with Crippen LogP contribution in [0.2, 0.25) is 0 Å². The summed E-state index contributed by atoms with van der Waals surface area (Å²) in [6, 6.07) is 9.23. The minimum absolute atomic E-state index is 0.0714. The molecule has 33 heavy (non-hydrogen) atoms. The van der Waals surface area contributed by atoms with Crippen molar-refractivity contribution in [3.05, 3.63) is 64.0 Å². The zero-order valence-electron chi connectivity index (χ0n) is 19.4. The van der Waals surface area contributed by atoms with Crippen molar-refractivity contribution in [1.82, 2.24) is 9.62 Å². The summed E-state index contributed by atoms with van der Waals surface area (Å²) in [6.07, 6.45) is 4.56. The number of carbonyl (C=O) groups is 1. The van der Waals surface area contributed by atoms with Gasteiger partial charge in [-0.2, -0.15) is 0 Å². The van der Waals surface area contributed by atoms with Gasteiger partial charge in [0.2, 0.25) is 10.0 Å². The van der Waals surface area contributed by atoms with Crippen LogP contribution in [0.5, 0.6) is 5.75 Å². The van der Waals surface area contributed by atoms with Gasteiger partial charge in [-0.15, -0.1) is 0 Å². The third-order valence-electron chi connectivity index (χ3n) is 6.37. The van der Waals surface area contributed by atoms with Gasteiger partial charge in [0.15, 0.2) is 0 Å². The fourth-order valence-electron chi connectivity index (χ4n) is 4.38. The fraction of sp³-hybridized carbons (Fsp3) is 0.480. The third kappa shape index (κ3) is 6.12. The van der Waals surface area contributed by atoms with Crippen LogP contribution in [0.3, 0.4) is 0 Å². The Morgan fingerprint density at radius 2 is 1.91 bits per heavy atom. The lowest BCUT2D eigenvalue weighted by Crippen LogP contribution is -2.40. The molecule has 0 radical (unpaired) electrons. The largest absolute Gasteiger partial charge is 0.489 e. The molecule has 0 bridgehead atoms. The average Bonchev–Trinajstić information content (AvgIpc) is 3.55. The Bertz CT molecular complexity index is 1160. The molecule has 2 aromatic carbocycles. The number of nitrogens with one attached hydrogen (secondary N) is 1. The van der Waals surface area contributed by atoms with Gasteiger partial charge in [0.05, 0.1) is 11.8 Å². The molecule has 1 aliphatic carbocycles. The van der Waals surface area contributed by atoms with Crippen molar-refractivity contribution in [3.63, 3.8) is 0 Å². The van der Waals surface area contributed by atoms with E-state index in [2.05, 4.69) is 36.9 Å². The average molecular weight is 475 g/mol. The Balaban J connectivity index is 1.49. The van der Waals surface area contributed by atoms with E-state index in [0.717, 1.165) is 57.1 Å². The number of aryl methyl sites for hydroxylation is 2. The van der Waals surface area contributed by atoms with Gasteiger partial charge in [-0.3, -0.25) is 9.69 Å². The van der Waals surface area contributed by atoms with E-state index in [9.17, 15) is 17.6 Å². The van der Waals surface area contributed by atoms with Gasteiger partial charge < -0.3 is 4.74 Å². The quantitative estimate of drug-likeness (QED) is 0.655. The summed E-state index contributed by atoms with van der Waals surface area (Å²) in [5.74, 6) is -1.07. The zero-order valence-corrected chi connectivity index (χ0v) is 20.2. The summed E-state index contributed by atoms with van der Waals surface area (Å²) in [5.41, 5.74) is 4.34. The highest BCUT2D eigenvalue weighted by Crippen LogP contribution is 2.45. The van der Waals surface area contributed by atoms with Crippen LogP contribution in [-0.2, 0) is 16.6 Å². The molecule has 178 valence electrons. The number of ether oxygens (including phenoxy) is 1. The highest BCUT2D eigenvalue weighted by atomic mass is 32.2. The van der Waals surface area contributed by atoms with Gasteiger partial charge in [-0.05, 0) is 80.3 Å². The first-order chi connectivity index (χ1) is 15.6. The number of hydrogen-bond donors (Lipinski definition) is 1. The Kier molecular flexibility index (Phi) is 6.77. The first-order valence-electron chi connectivity index (χ1n) is 11.4. The molecule has 1 atom stereocenters. The molecule has 6 nitrogen and oxygen atoms in total. The molecular weight excluding hydrogens is 443 g/mol. The summed E-state index contributed by atoms with van der Waals surface area (Å²) in [5, 5.41) is 0. The molecule has 8 heteroatoms. The van der Waals surface area contributed by atoms with E-state index in [1.54, 1.807) is 0 Å². The number of benzene rings is 2. The van der Waals surface area contributed by atoms with E-state index >= 15 is 0 Å². The normalized spacial score (nSPS) is 19.3. The molecule has 2 aliphatic rings. The first-order valence-corrected chi connectivity index (χ1v) is 13.3. The van der Waals surface area contributed by atoms with Crippen molar-refractivity contribution in [2.75, 3.05) is 19.3 Å². The number of sulfonamides is 1. The Morgan fingerprint density at radius 3 is 2.58 bits per heavy atom. The van der Waals surface area contributed by atoms with Crippen LogP contribution in [-0.4, -0.2) is 44.7 Å². The van der Waals surface area contributed by atoms with Gasteiger partial charge in [-0.1, -0.05) is 18.2 Å². The van der Waals surface area contributed by atoms with Crippen molar-refractivity contribution < 1.29 is 22.3 Å². The molecular formula is C25H31FN2O4S. The monoisotopic (exact) mass is 474 g/mol. The summed E-state index contributed by atoms with van der Waals surface area (Å²) >= 11 is 0. The Hall–Kier alpha value is -2.45. The second-order valence-corrected chi connectivity index (χ2v) is 11.1. The Labute approximate surface area is 195 Å². The topological polar surface area (TPSA) is 75.7 Å². The predicted octanol–water partition coefficient (Wildman–Crippen LogP) is 4.05. The summed E-state index contributed by atoms with van der Waals surface area (Å²) < 4.78 is 45.7.